The molecule has 2 aromatic rings. The number of hydrogen-bond acceptors (Lipinski definition) is 7. The van der Waals surface area contributed by atoms with Gasteiger partial charge in [0.05, 0.1) is 0 Å². The van der Waals surface area contributed by atoms with Crippen molar-refractivity contribution < 1.29 is 0 Å². The third kappa shape index (κ3) is 2.84. The van der Waals surface area contributed by atoms with E-state index < -0.39 is 0 Å². The summed E-state index contributed by atoms with van der Waals surface area (Å²) in [6.07, 6.45) is 4.15. The largest absolute Gasteiger partial charge is 0.370 e. The molecule has 24 heavy (non-hydrogen) atoms. The van der Waals surface area contributed by atoms with Crippen molar-refractivity contribution in [1.29, 1.82) is 0 Å². The lowest BCUT2D eigenvalue weighted by molar-refractivity contribution is 0.672. The molecule has 2 N–H and O–H groups in total. The molecule has 0 spiro atoms. The van der Waals surface area contributed by atoms with Gasteiger partial charge in [-0.25, -0.2) is 14.8 Å². The van der Waals surface area contributed by atoms with E-state index in [4.69, 9.17) is 0 Å². The molecule has 0 radical (unpaired) electrons. The van der Waals surface area contributed by atoms with Gasteiger partial charge in [-0.3, -0.25) is 13.9 Å². The van der Waals surface area contributed by atoms with E-state index in [1.165, 1.54) is 17.7 Å². The molecule has 1 fully saturated rings. The Balaban J connectivity index is 1.79. The Morgan fingerprint density at radius 3 is 2.54 bits per heavy atom. The highest BCUT2D eigenvalue weighted by Crippen LogP contribution is 2.22. The molecular formula is C15H21N7O2. The van der Waals surface area contributed by atoms with Crippen LogP contribution in [0, 0.1) is 0 Å². The summed E-state index contributed by atoms with van der Waals surface area (Å²) >= 11 is 0. The number of nitrogens with one attached hydrogen (secondary N) is 2. The molecule has 1 saturated heterocycles. The van der Waals surface area contributed by atoms with Gasteiger partial charge in [-0.05, 0) is 6.42 Å². The van der Waals surface area contributed by atoms with Gasteiger partial charge in [-0.1, -0.05) is 0 Å². The molecule has 0 amide bonds. The molecule has 9 heteroatoms. The monoisotopic (exact) mass is 331 g/mol. The number of rotatable bonds is 4. The first-order valence-corrected chi connectivity index (χ1v) is 7.78. The van der Waals surface area contributed by atoms with Crippen LogP contribution in [0.3, 0.4) is 0 Å². The Labute approximate surface area is 139 Å². The third-order valence-electron chi connectivity index (χ3n) is 4.29. The van der Waals surface area contributed by atoms with Gasteiger partial charge < -0.3 is 15.5 Å². The molecule has 9 nitrogen and oxygen atoms in total. The normalized spacial score (nSPS) is 17.1. The summed E-state index contributed by atoms with van der Waals surface area (Å²) in [5, 5.41) is 6.38. The topological polar surface area (TPSA) is 97.1 Å². The highest BCUT2D eigenvalue weighted by Gasteiger charge is 2.25. The molecule has 2 aromatic heterocycles. The van der Waals surface area contributed by atoms with Gasteiger partial charge in [-0.15, -0.1) is 0 Å². The van der Waals surface area contributed by atoms with Crippen molar-refractivity contribution in [2.45, 2.75) is 12.5 Å². The zero-order valence-corrected chi connectivity index (χ0v) is 14.0. The second-order valence-electron chi connectivity index (χ2n) is 5.82. The van der Waals surface area contributed by atoms with E-state index in [9.17, 15) is 9.59 Å². The van der Waals surface area contributed by atoms with Crippen LogP contribution in [0.1, 0.15) is 6.42 Å². The molecule has 0 saturated carbocycles. The lowest BCUT2D eigenvalue weighted by Crippen LogP contribution is -2.40. The summed E-state index contributed by atoms with van der Waals surface area (Å²) in [6, 6.07) is 1.67. The Bertz CT molecular complexity index is 858. The van der Waals surface area contributed by atoms with E-state index in [0.717, 1.165) is 17.5 Å². The van der Waals surface area contributed by atoms with Crippen molar-refractivity contribution in [3.8, 4) is 0 Å². The SMILES string of the molecule is CNc1nccnc1N[C@@H]1CCN(c2cc(=O)n(C)c(=O)n2C)C1. The second-order valence-corrected chi connectivity index (χ2v) is 5.82. The van der Waals surface area contributed by atoms with E-state index in [1.807, 2.05) is 4.90 Å². The predicted molar refractivity (Wildman–Crippen MR) is 92.7 cm³/mol. The highest BCUT2D eigenvalue weighted by atomic mass is 16.2. The molecule has 0 aliphatic carbocycles. The van der Waals surface area contributed by atoms with Gasteiger partial charge in [0.25, 0.3) is 5.56 Å². The van der Waals surface area contributed by atoms with Crippen LogP contribution in [0.2, 0.25) is 0 Å². The van der Waals surface area contributed by atoms with Crippen LogP contribution in [-0.2, 0) is 14.1 Å². The van der Waals surface area contributed by atoms with Gasteiger partial charge >= 0.3 is 5.69 Å². The first-order valence-electron chi connectivity index (χ1n) is 7.78. The molecule has 1 aliphatic heterocycles. The Hall–Kier alpha value is -2.84. The fraction of sp³-hybridized carbons (Fsp3) is 0.467. The fourth-order valence-corrected chi connectivity index (χ4v) is 2.93. The average Bonchev–Trinajstić information content (AvgIpc) is 3.05. The Kier molecular flexibility index (Phi) is 4.24. The van der Waals surface area contributed by atoms with Crippen LogP contribution in [-0.4, -0.2) is 45.3 Å². The fourth-order valence-electron chi connectivity index (χ4n) is 2.93. The van der Waals surface area contributed by atoms with Crippen molar-refractivity contribution in [1.82, 2.24) is 19.1 Å². The molecule has 1 aliphatic rings. The van der Waals surface area contributed by atoms with Gasteiger partial charge in [-0.2, -0.15) is 0 Å². The number of aromatic nitrogens is 4. The smallest absolute Gasteiger partial charge is 0.332 e. The standard InChI is InChI=1S/C15H21N7O2/c1-16-13-14(18-6-5-17-13)19-10-4-7-22(9-10)11-8-12(23)21(3)15(24)20(11)2/h5-6,8,10H,4,7,9H2,1-3H3,(H,16,17)(H,18,19)/t10-/m1/s1. The minimum absolute atomic E-state index is 0.160. The van der Waals surface area contributed by atoms with Crippen LogP contribution in [0.4, 0.5) is 17.5 Å². The quantitative estimate of drug-likeness (QED) is 0.787. The number of hydrogen-bond donors (Lipinski definition) is 2. The maximum Gasteiger partial charge on any atom is 0.332 e. The van der Waals surface area contributed by atoms with Crippen molar-refractivity contribution >= 4 is 17.5 Å². The lowest BCUT2D eigenvalue weighted by atomic mass is 10.2. The molecule has 0 bridgehead atoms. The van der Waals surface area contributed by atoms with E-state index in [0.29, 0.717) is 24.0 Å². The molecule has 3 heterocycles. The van der Waals surface area contributed by atoms with Crippen LogP contribution in [0.15, 0.2) is 28.0 Å². The van der Waals surface area contributed by atoms with Crippen molar-refractivity contribution in [2.75, 3.05) is 35.7 Å². The first-order chi connectivity index (χ1) is 11.5. The maximum atomic E-state index is 12.1. The first kappa shape index (κ1) is 16.0. The minimum Gasteiger partial charge on any atom is -0.370 e. The van der Waals surface area contributed by atoms with Crippen LogP contribution >= 0.6 is 0 Å². The van der Waals surface area contributed by atoms with Gasteiger partial charge in [0.15, 0.2) is 11.6 Å². The number of nitrogens with zero attached hydrogens (tertiary/aromatic N) is 5. The summed E-state index contributed by atoms with van der Waals surface area (Å²) in [6.45, 7) is 1.44. The summed E-state index contributed by atoms with van der Waals surface area (Å²) in [5.41, 5.74) is -0.615. The zero-order valence-electron chi connectivity index (χ0n) is 14.0. The second kappa shape index (κ2) is 6.34. The predicted octanol–water partition coefficient (Wildman–Crippen LogP) is -0.393. The Morgan fingerprint density at radius 1 is 1.12 bits per heavy atom. The summed E-state index contributed by atoms with van der Waals surface area (Å²) in [5.74, 6) is 2.03. The molecule has 3 rings (SSSR count). The van der Waals surface area contributed by atoms with E-state index in [-0.39, 0.29) is 17.3 Å². The van der Waals surface area contributed by atoms with Crippen LogP contribution < -0.4 is 26.8 Å². The Morgan fingerprint density at radius 2 is 1.83 bits per heavy atom. The molecule has 0 unspecified atom stereocenters. The molecule has 1 atom stereocenters. The van der Waals surface area contributed by atoms with E-state index in [1.54, 1.807) is 26.5 Å². The molecular weight excluding hydrogens is 310 g/mol. The van der Waals surface area contributed by atoms with E-state index in [2.05, 4.69) is 20.6 Å². The van der Waals surface area contributed by atoms with Gasteiger partial charge in [0.1, 0.15) is 5.82 Å². The molecule has 0 aromatic carbocycles. The van der Waals surface area contributed by atoms with Crippen LogP contribution in [0.25, 0.3) is 0 Å². The van der Waals surface area contributed by atoms with Crippen molar-refractivity contribution in [2.24, 2.45) is 14.1 Å². The van der Waals surface area contributed by atoms with Gasteiger partial charge in [0.2, 0.25) is 0 Å². The van der Waals surface area contributed by atoms with Crippen LogP contribution in [0.5, 0.6) is 0 Å². The van der Waals surface area contributed by atoms with E-state index >= 15 is 0 Å². The number of anilines is 3. The summed E-state index contributed by atoms with van der Waals surface area (Å²) in [4.78, 5) is 34.6. The zero-order chi connectivity index (χ0) is 17.3. The summed E-state index contributed by atoms with van der Waals surface area (Å²) in [7, 11) is 4.96. The lowest BCUT2D eigenvalue weighted by Gasteiger charge is -2.22. The van der Waals surface area contributed by atoms with Gasteiger partial charge in [0, 0.05) is 58.7 Å². The average molecular weight is 331 g/mol. The maximum absolute atomic E-state index is 12.1. The van der Waals surface area contributed by atoms with Crippen molar-refractivity contribution in [3.05, 3.63) is 39.3 Å². The minimum atomic E-state index is -0.319. The summed E-state index contributed by atoms with van der Waals surface area (Å²) < 4.78 is 2.61. The third-order valence-corrected chi connectivity index (χ3v) is 4.29. The molecule has 128 valence electrons. The van der Waals surface area contributed by atoms with Crippen molar-refractivity contribution in [3.63, 3.8) is 0 Å². The highest BCUT2D eigenvalue weighted by molar-refractivity contribution is 5.59.